The molecule has 1 unspecified atom stereocenters. The van der Waals surface area contributed by atoms with Gasteiger partial charge in [-0.05, 0) is 18.9 Å². The molecule has 1 amide bonds. The maximum atomic E-state index is 11.9. The maximum absolute atomic E-state index is 11.9. The number of aryl methyl sites for hydroxylation is 1. The summed E-state index contributed by atoms with van der Waals surface area (Å²) in [6.45, 7) is 2.43. The van der Waals surface area contributed by atoms with Crippen LogP contribution in [-0.2, 0) is 17.8 Å². The van der Waals surface area contributed by atoms with E-state index in [1.165, 1.54) is 0 Å². The molecule has 0 radical (unpaired) electrons. The predicted molar refractivity (Wildman–Crippen MR) is 76.8 cm³/mol. The zero-order chi connectivity index (χ0) is 13.7. The maximum Gasteiger partial charge on any atom is 0.237 e. The first kappa shape index (κ1) is 13.7. The molecule has 0 aliphatic heterocycles. The summed E-state index contributed by atoms with van der Waals surface area (Å²) in [4.78, 5) is 17.1. The lowest BCUT2D eigenvalue weighted by Gasteiger charge is -2.12. The molecule has 2 rings (SSSR count). The minimum Gasteiger partial charge on any atom is -0.350 e. The predicted octanol–water partition coefficient (Wildman–Crippen LogP) is 1.64. The third-order valence-corrected chi connectivity index (χ3v) is 3.84. The SMILES string of the molecule is Cc1ncsc1CNC(=O)C(N)Cc1ccccc1. The van der Waals surface area contributed by atoms with Crippen molar-refractivity contribution in [2.45, 2.75) is 25.9 Å². The molecule has 0 aliphatic rings. The van der Waals surface area contributed by atoms with E-state index in [-0.39, 0.29) is 5.91 Å². The second-order valence-electron chi connectivity index (χ2n) is 4.37. The van der Waals surface area contributed by atoms with Crippen molar-refractivity contribution in [3.05, 3.63) is 52.0 Å². The molecular weight excluding hydrogens is 258 g/mol. The van der Waals surface area contributed by atoms with Crippen molar-refractivity contribution < 1.29 is 4.79 Å². The summed E-state index contributed by atoms with van der Waals surface area (Å²) >= 11 is 1.54. The highest BCUT2D eigenvalue weighted by Gasteiger charge is 2.14. The lowest BCUT2D eigenvalue weighted by Crippen LogP contribution is -2.41. The van der Waals surface area contributed by atoms with Crippen LogP contribution in [0.3, 0.4) is 0 Å². The van der Waals surface area contributed by atoms with Gasteiger partial charge in [0.25, 0.3) is 0 Å². The van der Waals surface area contributed by atoms with Crippen molar-refractivity contribution in [3.63, 3.8) is 0 Å². The van der Waals surface area contributed by atoms with E-state index >= 15 is 0 Å². The Bertz CT molecular complexity index is 539. The number of carbonyl (C=O) groups is 1. The van der Waals surface area contributed by atoms with Gasteiger partial charge in [-0.15, -0.1) is 11.3 Å². The number of hydrogen-bond donors (Lipinski definition) is 2. The van der Waals surface area contributed by atoms with Crippen LogP contribution in [0.1, 0.15) is 16.1 Å². The molecule has 3 N–H and O–H groups in total. The van der Waals surface area contributed by atoms with Gasteiger partial charge < -0.3 is 11.1 Å². The molecule has 0 aliphatic carbocycles. The van der Waals surface area contributed by atoms with Crippen LogP contribution in [0.4, 0.5) is 0 Å². The van der Waals surface area contributed by atoms with Gasteiger partial charge in [0.05, 0.1) is 23.8 Å². The van der Waals surface area contributed by atoms with Gasteiger partial charge in [0.2, 0.25) is 5.91 Å². The summed E-state index contributed by atoms with van der Waals surface area (Å²) in [7, 11) is 0. The molecule has 1 atom stereocenters. The topological polar surface area (TPSA) is 68.0 Å². The Morgan fingerprint density at radius 1 is 1.42 bits per heavy atom. The van der Waals surface area contributed by atoms with Crippen molar-refractivity contribution in [2.24, 2.45) is 5.73 Å². The molecule has 0 bridgehead atoms. The van der Waals surface area contributed by atoms with Gasteiger partial charge in [-0.3, -0.25) is 4.79 Å². The summed E-state index contributed by atoms with van der Waals surface area (Å²) in [5, 5.41) is 2.85. The van der Waals surface area contributed by atoms with Crippen molar-refractivity contribution >= 4 is 17.2 Å². The van der Waals surface area contributed by atoms with Crippen LogP contribution in [0.25, 0.3) is 0 Å². The van der Waals surface area contributed by atoms with E-state index in [1.54, 1.807) is 16.8 Å². The van der Waals surface area contributed by atoms with Crippen molar-refractivity contribution in [1.82, 2.24) is 10.3 Å². The number of benzene rings is 1. The van der Waals surface area contributed by atoms with Crippen LogP contribution in [0.5, 0.6) is 0 Å². The Morgan fingerprint density at radius 2 is 2.16 bits per heavy atom. The molecule has 1 aromatic heterocycles. The van der Waals surface area contributed by atoms with Gasteiger partial charge in [0, 0.05) is 4.88 Å². The first-order valence-corrected chi connectivity index (χ1v) is 7.01. The fourth-order valence-corrected chi connectivity index (χ4v) is 2.47. The summed E-state index contributed by atoms with van der Waals surface area (Å²) in [5.41, 5.74) is 9.71. The molecule has 1 heterocycles. The van der Waals surface area contributed by atoms with E-state index in [4.69, 9.17) is 5.73 Å². The summed E-state index contributed by atoms with van der Waals surface area (Å²) in [6, 6.07) is 9.26. The number of aromatic nitrogens is 1. The summed E-state index contributed by atoms with van der Waals surface area (Å²) in [5.74, 6) is -0.128. The summed E-state index contributed by atoms with van der Waals surface area (Å²) in [6.07, 6.45) is 0.550. The first-order chi connectivity index (χ1) is 9.16. The number of nitrogens with two attached hydrogens (primary N) is 1. The normalized spacial score (nSPS) is 12.1. The van der Waals surface area contributed by atoms with Gasteiger partial charge in [-0.1, -0.05) is 30.3 Å². The molecule has 2 aromatic rings. The number of thiazole rings is 1. The van der Waals surface area contributed by atoms with E-state index in [1.807, 2.05) is 37.3 Å². The molecule has 4 nitrogen and oxygen atoms in total. The zero-order valence-corrected chi connectivity index (χ0v) is 11.6. The van der Waals surface area contributed by atoms with Gasteiger partial charge in [0.15, 0.2) is 0 Å². The fraction of sp³-hybridized carbons (Fsp3) is 0.286. The summed E-state index contributed by atoms with van der Waals surface area (Å²) < 4.78 is 0. The average molecular weight is 275 g/mol. The molecule has 0 fully saturated rings. The Morgan fingerprint density at radius 3 is 2.79 bits per heavy atom. The molecule has 1 aromatic carbocycles. The monoisotopic (exact) mass is 275 g/mol. The van der Waals surface area contributed by atoms with Crippen LogP contribution < -0.4 is 11.1 Å². The lowest BCUT2D eigenvalue weighted by atomic mass is 10.1. The highest BCUT2D eigenvalue weighted by molar-refractivity contribution is 7.09. The number of carbonyl (C=O) groups excluding carboxylic acids is 1. The van der Waals surface area contributed by atoms with Crippen molar-refractivity contribution in [1.29, 1.82) is 0 Å². The van der Waals surface area contributed by atoms with Crippen LogP contribution >= 0.6 is 11.3 Å². The van der Waals surface area contributed by atoms with Crippen LogP contribution in [0, 0.1) is 6.92 Å². The Labute approximate surface area is 116 Å². The van der Waals surface area contributed by atoms with E-state index in [0.717, 1.165) is 16.1 Å². The zero-order valence-electron chi connectivity index (χ0n) is 10.8. The Balaban J connectivity index is 1.84. The van der Waals surface area contributed by atoms with Gasteiger partial charge in [-0.2, -0.15) is 0 Å². The van der Waals surface area contributed by atoms with E-state index in [9.17, 15) is 4.79 Å². The fourth-order valence-electron chi connectivity index (χ4n) is 1.76. The van der Waals surface area contributed by atoms with Crippen molar-refractivity contribution in [3.8, 4) is 0 Å². The third kappa shape index (κ3) is 3.87. The smallest absolute Gasteiger partial charge is 0.237 e. The molecule has 0 saturated carbocycles. The average Bonchev–Trinajstić information content (AvgIpc) is 2.82. The Kier molecular flexibility index (Phi) is 4.65. The van der Waals surface area contributed by atoms with E-state index in [2.05, 4.69) is 10.3 Å². The molecule has 19 heavy (non-hydrogen) atoms. The minimum atomic E-state index is -0.518. The van der Waals surface area contributed by atoms with Crippen LogP contribution in [0.2, 0.25) is 0 Å². The number of nitrogens with zero attached hydrogens (tertiary/aromatic N) is 1. The van der Waals surface area contributed by atoms with E-state index < -0.39 is 6.04 Å². The van der Waals surface area contributed by atoms with Crippen LogP contribution in [0.15, 0.2) is 35.8 Å². The minimum absolute atomic E-state index is 0.128. The third-order valence-electron chi connectivity index (χ3n) is 2.90. The molecule has 0 saturated heterocycles. The number of rotatable bonds is 5. The Hall–Kier alpha value is -1.72. The van der Waals surface area contributed by atoms with Crippen LogP contribution in [-0.4, -0.2) is 16.9 Å². The standard InChI is InChI=1S/C14H17N3OS/c1-10-13(19-9-17-10)8-16-14(18)12(15)7-11-5-3-2-4-6-11/h2-6,9,12H,7-8,15H2,1H3,(H,16,18). The molecule has 5 heteroatoms. The number of nitrogens with one attached hydrogen (secondary N) is 1. The highest BCUT2D eigenvalue weighted by atomic mass is 32.1. The molecule has 0 spiro atoms. The molecular formula is C14H17N3OS. The molecule has 100 valence electrons. The number of hydrogen-bond acceptors (Lipinski definition) is 4. The van der Waals surface area contributed by atoms with Gasteiger partial charge in [-0.25, -0.2) is 4.98 Å². The number of amides is 1. The lowest BCUT2D eigenvalue weighted by molar-refractivity contribution is -0.122. The largest absolute Gasteiger partial charge is 0.350 e. The first-order valence-electron chi connectivity index (χ1n) is 6.13. The second-order valence-corrected chi connectivity index (χ2v) is 5.31. The van der Waals surface area contributed by atoms with Crippen molar-refractivity contribution in [2.75, 3.05) is 0 Å². The van der Waals surface area contributed by atoms with E-state index in [0.29, 0.717) is 13.0 Å². The second kappa shape index (κ2) is 6.45. The van der Waals surface area contributed by atoms with Gasteiger partial charge in [0.1, 0.15) is 0 Å². The quantitative estimate of drug-likeness (QED) is 0.871. The van der Waals surface area contributed by atoms with Gasteiger partial charge >= 0.3 is 0 Å². The highest BCUT2D eigenvalue weighted by Crippen LogP contribution is 2.11.